The van der Waals surface area contributed by atoms with Crippen molar-refractivity contribution in [2.75, 3.05) is 6.61 Å². The second-order valence-electron chi connectivity index (χ2n) is 8.10. The molecule has 34 heavy (non-hydrogen) atoms. The Morgan fingerprint density at radius 1 is 1.18 bits per heavy atom. The molecule has 0 unspecified atom stereocenters. The van der Waals surface area contributed by atoms with Crippen LogP contribution in [0.1, 0.15) is 45.0 Å². The molecule has 1 N–H and O–H groups in total. The van der Waals surface area contributed by atoms with Crippen LogP contribution in [0.5, 0.6) is 5.75 Å². The molecule has 0 radical (unpaired) electrons. The van der Waals surface area contributed by atoms with Crippen molar-refractivity contribution in [1.82, 2.24) is 5.32 Å². The summed E-state index contributed by atoms with van der Waals surface area (Å²) in [5.74, 6) is 3.79. The van der Waals surface area contributed by atoms with E-state index < -0.39 is 0 Å². The van der Waals surface area contributed by atoms with Crippen LogP contribution in [0.2, 0.25) is 0 Å². The third kappa shape index (κ3) is 4.48. The van der Waals surface area contributed by atoms with Crippen LogP contribution in [0, 0.1) is 12.3 Å². The smallest absolute Gasteiger partial charge is 0.255 e. The Morgan fingerprint density at radius 3 is 2.91 bits per heavy atom. The number of benzene rings is 2. The molecule has 0 fully saturated rings. The highest BCUT2D eigenvalue weighted by Crippen LogP contribution is 2.40. The van der Waals surface area contributed by atoms with Crippen LogP contribution in [0.25, 0.3) is 10.8 Å². The van der Waals surface area contributed by atoms with Crippen LogP contribution in [0.15, 0.2) is 64.2 Å². The number of thiophene rings is 1. The molecule has 1 aliphatic carbocycles. The molecule has 1 amide bonds. The van der Waals surface area contributed by atoms with Gasteiger partial charge in [0, 0.05) is 16.7 Å². The summed E-state index contributed by atoms with van der Waals surface area (Å²) in [6.45, 7) is 0.514. The second kappa shape index (κ2) is 9.98. The molecule has 1 aliphatic rings. The first-order valence-electron chi connectivity index (χ1n) is 11.3. The number of ether oxygens (including phenoxy) is 1. The number of aryl methyl sites for hydroxylation is 1. The van der Waals surface area contributed by atoms with Crippen molar-refractivity contribution < 1.29 is 13.9 Å². The van der Waals surface area contributed by atoms with Crippen LogP contribution in [0.4, 0.5) is 5.00 Å². The fourth-order valence-corrected chi connectivity index (χ4v) is 5.55. The third-order valence-electron chi connectivity index (χ3n) is 5.94. The molecule has 4 aromatic rings. The van der Waals surface area contributed by atoms with Crippen molar-refractivity contribution in [3.8, 4) is 18.1 Å². The predicted molar refractivity (Wildman–Crippen MR) is 136 cm³/mol. The van der Waals surface area contributed by atoms with Crippen molar-refractivity contribution in [3.05, 3.63) is 82.1 Å². The van der Waals surface area contributed by atoms with Gasteiger partial charge in [-0.3, -0.25) is 4.79 Å². The van der Waals surface area contributed by atoms with Crippen LogP contribution in [-0.4, -0.2) is 18.7 Å². The number of carbonyl (C=O) groups is 1. The van der Waals surface area contributed by atoms with E-state index in [-0.39, 0.29) is 12.5 Å². The van der Waals surface area contributed by atoms with Crippen molar-refractivity contribution >= 4 is 39.2 Å². The Bertz CT molecular complexity index is 1390. The van der Waals surface area contributed by atoms with Gasteiger partial charge in [0.05, 0.1) is 18.4 Å². The summed E-state index contributed by atoms with van der Waals surface area (Å²) in [5.41, 5.74) is 2.65. The van der Waals surface area contributed by atoms with Crippen molar-refractivity contribution in [2.45, 2.75) is 32.2 Å². The molecule has 0 atom stereocenters. The molecule has 6 heteroatoms. The molecule has 5 nitrogen and oxygen atoms in total. The maximum atomic E-state index is 13.3. The van der Waals surface area contributed by atoms with Gasteiger partial charge in [0.1, 0.15) is 23.1 Å². The average Bonchev–Trinajstić information content (AvgIpc) is 3.52. The topological polar surface area (TPSA) is 63.8 Å². The van der Waals surface area contributed by atoms with E-state index >= 15 is 0 Å². The maximum Gasteiger partial charge on any atom is 0.255 e. The summed E-state index contributed by atoms with van der Waals surface area (Å²) in [5, 5.41) is 5.82. The molecule has 2 aromatic carbocycles. The minimum atomic E-state index is -0.121. The molecule has 0 saturated heterocycles. The summed E-state index contributed by atoms with van der Waals surface area (Å²) >= 11 is 1.61. The highest BCUT2D eigenvalue weighted by atomic mass is 32.1. The number of rotatable bonds is 7. The Balaban J connectivity index is 1.53. The highest BCUT2D eigenvalue weighted by Gasteiger charge is 2.25. The van der Waals surface area contributed by atoms with Crippen LogP contribution in [-0.2, 0) is 19.4 Å². The van der Waals surface area contributed by atoms with Gasteiger partial charge in [-0.25, -0.2) is 4.99 Å². The van der Waals surface area contributed by atoms with Gasteiger partial charge >= 0.3 is 0 Å². The molecule has 2 heterocycles. The number of terminal acetylenes is 1. The Kier molecular flexibility index (Phi) is 6.46. The maximum absolute atomic E-state index is 13.3. The standard InChI is InChI=1S/C28H24N2O3S/c1-2-15-33-24-14-13-19-8-3-4-10-21(19)23(24)18-30-28-26(22-11-5-6-12-25(22)34-28)27(31)29-17-20-9-7-16-32-20/h1,3-4,7-10,13-14,16,18H,5-6,11-12,15,17H2,(H,29,31). The number of hydrogen-bond donors (Lipinski definition) is 1. The van der Waals surface area contributed by atoms with Gasteiger partial charge in [0.2, 0.25) is 0 Å². The highest BCUT2D eigenvalue weighted by molar-refractivity contribution is 7.16. The zero-order valence-electron chi connectivity index (χ0n) is 18.7. The van der Waals surface area contributed by atoms with Crippen molar-refractivity contribution in [2.24, 2.45) is 4.99 Å². The predicted octanol–water partition coefficient (Wildman–Crippen LogP) is 6.07. The summed E-state index contributed by atoms with van der Waals surface area (Å²) in [4.78, 5) is 19.4. The lowest BCUT2D eigenvalue weighted by atomic mass is 9.95. The largest absolute Gasteiger partial charge is 0.480 e. The SMILES string of the molecule is C#CCOc1ccc2ccccc2c1C=Nc1sc2c(c1C(=O)NCc1ccco1)CCCC2. The number of amides is 1. The minimum absolute atomic E-state index is 0.121. The fourth-order valence-electron chi connectivity index (χ4n) is 4.32. The van der Waals surface area contributed by atoms with E-state index in [4.69, 9.17) is 20.6 Å². The van der Waals surface area contributed by atoms with Crippen LogP contribution >= 0.6 is 11.3 Å². The first kappa shape index (κ1) is 22.0. The summed E-state index contributed by atoms with van der Waals surface area (Å²) in [7, 11) is 0. The number of fused-ring (bicyclic) bond motifs is 2. The quantitative estimate of drug-likeness (QED) is 0.265. The number of nitrogens with one attached hydrogen (secondary N) is 1. The van der Waals surface area contributed by atoms with Crippen LogP contribution < -0.4 is 10.1 Å². The zero-order valence-corrected chi connectivity index (χ0v) is 19.5. The Labute approximate surface area is 202 Å². The Hall–Kier alpha value is -3.82. The van der Waals surface area contributed by atoms with E-state index in [1.54, 1.807) is 23.8 Å². The third-order valence-corrected chi connectivity index (χ3v) is 7.14. The molecule has 0 saturated carbocycles. The molecular formula is C28H24N2O3S. The second-order valence-corrected chi connectivity index (χ2v) is 9.19. The van der Waals surface area contributed by atoms with E-state index in [1.807, 2.05) is 42.5 Å². The molecule has 170 valence electrons. The molecule has 2 aromatic heterocycles. The van der Waals surface area contributed by atoms with E-state index in [2.05, 4.69) is 17.3 Å². The van der Waals surface area contributed by atoms with Crippen LogP contribution in [0.3, 0.4) is 0 Å². The number of nitrogens with zero attached hydrogens (tertiary/aromatic N) is 1. The molecule has 5 rings (SSSR count). The van der Waals surface area contributed by atoms with Crippen molar-refractivity contribution in [3.63, 3.8) is 0 Å². The fraction of sp³-hybridized carbons (Fsp3) is 0.214. The first-order valence-corrected chi connectivity index (χ1v) is 12.1. The number of aliphatic imine (C=N–C) groups is 1. The van der Waals surface area contributed by atoms with E-state index in [0.717, 1.165) is 52.6 Å². The monoisotopic (exact) mass is 468 g/mol. The lowest BCUT2D eigenvalue weighted by Crippen LogP contribution is -2.23. The van der Waals surface area contributed by atoms with Gasteiger partial charge in [-0.2, -0.15) is 0 Å². The lowest BCUT2D eigenvalue weighted by molar-refractivity contribution is 0.0948. The Morgan fingerprint density at radius 2 is 2.06 bits per heavy atom. The molecule has 0 aliphatic heterocycles. The normalized spacial score (nSPS) is 13.0. The summed E-state index contributed by atoms with van der Waals surface area (Å²) in [6, 6.07) is 15.7. The van der Waals surface area contributed by atoms with Gasteiger partial charge in [-0.15, -0.1) is 17.8 Å². The van der Waals surface area contributed by atoms with Gasteiger partial charge in [0.15, 0.2) is 0 Å². The summed E-state index contributed by atoms with van der Waals surface area (Å²) < 4.78 is 11.2. The van der Waals surface area contributed by atoms with Crippen molar-refractivity contribution in [1.29, 1.82) is 0 Å². The van der Waals surface area contributed by atoms with Gasteiger partial charge in [-0.05, 0) is 60.2 Å². The minimum Gasteiger partial charge on any atom is -0.480 e. The number of hydrogen-bond acceptors (Lipinski definition) is 5. The first-order chi connectivity index (χ1) is 16.7. The van der Waals surface area contributed by atoms with E-state index in [9.17, 15) is 4.79 Å². The summed E-state index contributed by atoms with van der Waals surface area (Å²) in [6.07, 6.45) is 12.9. The van der Waals surface area contributed by atoms with Gasteiger partial charge < -0.3 is 14.5 Å². The number of carbonyl (C=O) groups excluding carboxylic acids is 1. The molecule has 0 spiro atoms. The molecule has 0 bridgehead atoms. The zero-order chi connectivity index (χ0) is 23.3. The van der Waals surface area contributed by atoms with E-state index in [0.29, 0.717) is 23.6 Å². The molecular weight excluding hydrogens is 444 g/mol. The average molecular weight is 469 g/mol. The van der Waals surface area contributed by atoms with E-state index in [1.165, 1.54) is 4.88 Å². The lowest BCUT2D eigenvalue weighted by Gasteiger charge is -2.12. The van der Waals surface area contributed by atoms with Gasteiger partial charge in [-0.1, -0.05) is 36.3 Å². The van der Waals surface area contributed by atoms with Gasteiger partial charge in [0.25, 0.3) is 5.91 Å². The number of furan rings is 1.